The summed E-state index contributed by atoms with van der Waals surface area (Å²) >= 11 is 3.32. The number of amides is 1. The first kappa shape index (κ1) is 15.4. The van der Waals surface area contributed by atoms with Crippen LogP contribution in [-0.2, 0) is 4.79 Å². The van der Waals surface area contributed by atoms with E-state index >= 15 is 0 Å². The summed E-state index contributed by atoms with van der Waals surface area (Å²) in [5, 5.41) is 2.73. The normalized spacial score (nSPS) is 10.2. The number of hydrogen-bond acceptors (Lipinski definition) is 3. The molecule has 0 aromatic heterocycles. The van der Waals surface area contributed by atoms with Gasteiger partial charge >= 0.3 is 0 Å². The SMILES string of the molecule is Cc1ccc(OCC(=O)Nc2ccc(Br)cc2N)c(C)c1. The first-order valence-corrected chi connectivity index (χ1v) is 7.30. The van der Waals surface area contributed by atoms with E-state index in [4.69, 9.17) is 10.5 Å². The van der Waals surface area contributed by atoms with Gasteiger partial charge < -0.3 is 15.8 Å². The summed E-state index contributed by atoms with van der Waals surface area (Å²) in [6.07, 6.45) is 0. The molecular formula is C16H17BrN2O2. The third-order valence-electron chi connectivity index (χ3n) is 2.98. The molecule has 21 heavy (non-hydrogen) atoms. The Morgan fingerprint density at radius 1 is 1.24 bits per heavy atom. The number of anilines is 2. The second kappa shape index (κ2) is 6.63. The number of benzene rings is 2. The molecule has 0 fully saturated rings. The van der Waals surface area contributed by atoms with E-state index in [-0.39, 0.29) is 12.5 Å². The van der Waals surface area contributed by atoms with Crippen LogP contribution in [-0.4, -0.2) is 12.5 Å². The van der Waals surface area contributed by atoms with Crippen LogP contribution in [0.4, 0.5) is 11.4 Å². The Kier molecular flexibility index (Phi) is 4.85. The zero-order valence-electron chi connectivity index (χ0n) is 11.9. The van der Waals surface area contributed by atoms with Gasteiger partial charge in [0.25, 0.3) is 5.91 Å². The summed E-state index contributed by atoms with van der Waals surface area (Å²) in [7, 11) is 0. The highest BCUT2D eigenvalue weighted by atomic mass is 79.9. The van der Waals surface area contributed by atoms with Crippen molar-refractivity contribution in [2.45, 2.75) is 13.8 Å². The number of carbonyl (C=O) groups is 1. The van der Waals surface area contributed by atoms with Gasteiger partial charge in [-0.1, -0.05) is 33.6 Å². The van der Waals surface area contributed by atoms with Crippen molar-refractivity contribution in [1.82, 2.24) is 0 Å². The topological polar surface area (TPSA) is 64.3 Å². The molecular weight excluding hydrogens is 332 g/mol. The van der Waals surface area contributed by atoms with E-state index in [9.17, 15) is 4.79 Å². The molecule has 0 saturated heterocycles. The fraction of sp³-hybridized carbons (Fsp3) is 0.188. The van der Waals surface area contributed by atoms with Gasteiger partial charge in [0.2, 0.25) is 0 Å². The predicted octanol–water partition coefficient (Wildman–Crippen LogP) is 3.67. The molecule has 0 aliphatic carbocycles. The molecule has 0 aliphatic rings. The second-order valence-electron chi connectivity index (χ2n) is 4.84. The number of nitrogens with two attached hydrogens (primary N) is 1. The van der Waals surface area contributed by atoms with E-state index in [0.717, 1.165) is 15.6 Å². The van der Waals surface area contributed by atoms with Gasteiger partial charge in [-0.05, 0) is 43.7 Å². The first-order chi connectivity index (χ1) is 9.95. The summed E-state index contributed by atoms with van der Waals surface area (Å²) in [6, 6.07) is 11.1. The Morgan fingerprint density at radius 3 is 2.67 bits per heavy atom. The number of carbonyl (C=O) groups excluding carboxylic acids is 1. The summed E-state index contributed by atoms with van der Waals surface area (Å²) in [5.41, 5.74) is 9.08. The quantitative estimate of drug-likeness (QED) is 0.828. The van der Waals surface area contributed by atoms with Crippen LogP contribution in [0.15, 0.2) is 40.9 Å². The second-order valence-corrected chi connectivity index (χ2v) is 5.75. The number of nitrogens with one attached hydrogen (secondary N) is 1. The van der Waals surface area contributed by atoms with Crippen LogP contribution in [0.3, 0.4) is 0 Å². The molecule has 0 heterocycles. The van der Waals surface area contributed by atoms with Crippen molar-refractivity contribution in [1.29, 1.82) is 0 Å². The lowest BCUT2D eigenvalue weighted by atomic mass is 10.1. The van der Waals surface area contributed by atoms with Crippen LogP contribution in [0.2, 0.25) is 0 Å². The van der Waals surface area contributed by atoms with Crippen LogP contribution in [0.1, 0.15) is 11.1 Å². The molecule has 0 atom stereocenters. The molecule has 0 bridgehead atoms. The lowest BCUT2D eigenvalue weighted by Gasteiger charge is -2.11. The van der Waals surface area contributed by atoms with Crippen LogP contribution in [0.25, 0.3) is 0 Å². The Labute approximate surface area is 132 Å². The maximum Gasteiger partial charge on any atom is 0.262 e. The van der Waals surface area contributed by atoms with Gasteiger partial charge in [-0.15, -0.1) is 0 Å². The standard InChI is InChI=1S/C16H17BrN2O2/c1-10-3-6-15(11(2)7-10)21-9-16(20)19-14-5-4-12(17)8-13(14)18/h3-8H,9,18H2,1-2H3,(H,19,20). The van der Waals surface area contributed by atoms with Crippen molar-refractivity contribution < 1.29 is 9.53 Å². The predicted molar refractivity (Wildman–Crippen MR) is 88.6 cm³/mol. The monoisotopic (exact) mass is 348 g/mol. The summed E-state index contributed by atoms with van der Waals surface area (Å²) in [6.45, 7) is 3.91. The van der Waals surface area contributed by atoms with Gasteiger partial charge in [-0.25, -0.2) is 0 Å². The maximum absolute atomic E-state index is 11.9. The van der Waals surface area contributed by atoms with Crippen molar-refractivity contribution >= 4 is 33.2 Å². The van der Waals surface area contributed by atoms with E-state index in [0.29, 0.717) is 17.1 Å². The molecule has 0 radical (unpaired) electrons. The molecule has 0 unspecified atom stereocenters. The molecule has 2 aromatic carbocycles. The molecule has 3 N–H and O–H groups in total. The fourth-order valence-electron chi connectivity index (χ4n) is 1.94. The number of nitrogen functional groups attached to an aromatic ring is 1. The summed E-state index contributed by atoms with van der Waals surface area (Å²) < 4.78 is 6.39. The van der Waals surface area contributed by atoms with Crippen molar-refractivity contribution in [2.75, 3.05) is 17.7 Å². The number of halogens is 1. The highest BCUT2D eigenvalue weighted by Gasteiger charge is 2.08. The van der Waals surface area contributed by atoms with Crippen molar-refractivity contribution in [2.24, 2.45) is 0 Å². The lowest BCUT2D eigenvalue weighted by Crippen LogP contribution is -2.21. The Morgan fingerprint density at radius 2 is 2.00 bits per heavy atom. The summed E-state index contributed by atoms with van der Waals surface area (Å²) in [5.74, 6) is 0.462. The molecule has 110 valence electrons. The van der Waals surface area contributed by atoms with Gasteiger partial charge in [-0.2, -0.15) is 0 Å². The third kappa shape index (κ3) is 4.23. The minimum absolute atomic E-state index is 0.0561. The lowest BCUT2D eigenvalue weighted by molar-refractivity contribution is -0.118. The van der Waals surface area contributed by atoms with Crippen LogP contribution < -0.4 is 15.8 Å². The van der Waals surface area contributed by atoms with Crippen LogP contribution >= 0.6 is 15.9 Å². The van der Waals surface area contributed by atoms with E-state index in [1.807, 2.05) is 38.1 Å². The average molecular weight is 349 g/mol. The first-order valence-electron chi connectivity index (χ1n) is 6.50. The molecule has 0 spiro atoms. The molecule has 2 aromatic rings. The smallest absolute Gasteiger partial charge is 0.262 e. The van der Waals surface area contributed by atoms with E-state index < -0.39 is 0 Å². The van der Waals surface area contributed by atoms with Gasteiger partial charge in [0.15, 0.2) is 6.61 Å². The Bertz CT molecular complexity index is 671. The Balaban J connectivity index is 1.96. The van der Waals surface area contributed by atoms with Crippen molar-refractivity contribution in [3.63, 3.8) is 0 Å². The van der Waals surface area contributed by atoms with Gasteiger partial charge in [0.05, 0.1) is 11.4 Å². The maximum atomic E-state index is 11.9. The van der Waals surface area contributed by atoms with Gasteiger partial charge in [0.1, 0.15) is 5.75 Å². The minimum Gasteiger partial charge on any atom is -0.483 e. The van der Waals surface area contributed by atoms with Gasteiger partial charge in [0, 0.05) is 4.47 Å². The zero-order valence-corrected chi connectivity index (χ0v) is 13.5. The fourth-order valence-corrected chi connectivity index (χ4v) is 2.32. The van der Waals surface area contributed by atoms with E-state index in [2.05, 4.69) is 21.2 Å². The molecule has 4 nitrogen and oxygen atoms in total. The van der Waals surface area contributed by atoms with E-state index in [1.54, 1.807) is 12.1 Å². The minimum atomic E-state index is -0.246. The Hall–Kier alpha value is -2.01. The van der Waals surface area contributed by atoms with Gasteiger partial charge in [-0.3, -0.25) is 4.79 Å². The highest BCUT2D eigenvalue weighted by molar-refractivity contribution is 9.10. The van der Waals surface area contributed by atoms with Crippen molar-refractivity contribution in [3.8, 4) is 5.75 Å². The molecule has 0 saturated carbocycles. The highest BCUT2D eigenvalue weighted by Crippen LogP contribution is 2.23. The van der Waals surface area contributed by atoms with E-state index in [1.165, 1.54) is 0 Å². The molecule has 0 aliphatic heterocycles. The number of hydrogen-bond donors (Lipinski definition) is 2. The molecule has 5 heteroatoms. The van der Waals surface area contributed by atoms with Crippen LogP contribution in [0, 0.1) is 13.8 Å². The average Bonchev–Trinajstić information content (AvgIpc) is 2.41. The number of ether oxygens (including phenoxy) is 1. The molecule has 1 amide bonds. The summed E-state index contributed by atoms with van der Waals surface area (Å²) in [4.78, 5) is 11.9. The largest absolute Gasteiger partial charge is 0.483 e. The number of aryl methyl sites for hydroxylation is 2. The van der Waals surface area contributed by atoms with Crippen LogP contribution in [0.5, 0.6) is 5.75 Å². The molecule has 2 rings (SSSR count). The number of rotatable bonds is 4. The zero-order chi connectivity index (χ0) is 15.4. The van der Waals surface area contributed by atoms with Crippen molar-refractivity contribution in [3.05, 3.63) is 52.0 Å². The third-order valence-corrected chi connectivity index (χ3v) is 3.47.